The zero-order chi connectivity index (χ0) is 16.0. The molecule has 7 nitrogen and oxygen atoms in total. The van der Waals surface area contributed by atoms with Gasteiger partial charge in [-0.25, -0.2) is 18.4 Å². The first-order valence-corrected chi connectivity index (χ1v) is 9.09. The number of hydrogen-bond acceptors (Lipinski definition) is 5. The third-order valence-corrected chi connectivity index (χ3v) is 5.14. The van der Waals surface area contributed by atoms with E-state index < -0.39 is 9.84 Å². The summed E-state index contributed by atoms with van der Waals surface area (Å²) in [5, 5.41) is 6.31. The fraction of sp³-hybridized carbons (Fsp3) is 0.571. The maximum absolute atomic E-state index is 11.5. The van der Waals surface area contributed by atoms with Gasteiger partial charge in [0, 0.05) is 24.3 Å². The highest BCUT2D eigenvalue weighted by Gasteiger charge is 2.28. The van der Waals surface area contributed by atoms with Crippen LogP contribution in [0.15, 0.2) is 23.3 Å². The number of nitrogens with zero attached hydrogens (tertiary/aromatic N) is 2. The molecule has 1 aromatic rings. The highest BCUT2D eigenvalue weighted by molar-refractivity contribution is 14.0. The molecule has 1 aromatic heterocycles. The van der Waals surface area contributed by atoms with E-state index in [-0.39, 0.29) is 41.5 Å². The summed E-state index contributed by atoms with van der Waals surface area (Å²) in [6.45, 7) is 3.08. The number of sulfone groups is 1. The summed E-state index contributed by atoms with van der Waals surface area (Å²) in [5.74, 6) is 1.55. The second-order valence-corrected chi connectivity index (χ2v) is 7.34. The van der Waals surface area contributed by atoms with Crippen molar-refractivity contribution in [1.82, 2.24) is 15.6 Å². The Hall–Kier alpha value is -1.10. The smallest absolute Gasteiger partial charge is 0.218 e. The van der Waals surface area contributed by atoms with Gasteiger partial charge >= 0.3 is 0 Å². The van der Waals surface area contributed by atoms with Gasteiger partial charge in [-0.1, -0.05) is 6.07 Å². The Bertz CT molecular complexity index is 637. The van der Waals surface area contributed by atoms with E-state index in [1.165, 1.54) is 0 Å². The first-order chi connectivity index (χ1) is 10.5. The Morgan fingerprint density at radius 3 is 2.91 bits per heavy atom. The van der Waals surface area contributed by atoms with Crippen molar-refractivity contribution in [3.05, 3.63) is 23.9 Å². The van der Waals surface area contributed by atoms with Crippen LogP contribution in [0.3, 0.4) is 0 Å². The van der Waals surface area contributed by atoms with Crippen molar-refractivity contribution in [2.75, 3.05) is 25.2 Å². The second kappa shape index (κ2) is 9.26. The number of guanidine groups is 1. The first kappa shape index (κ1) is 19.9. The maximum Gasteiger partial charge on any atom is 0.218 e. The fourth-order valence-corrected chi connectivity index (χ4v) is 3.99. The summed E-state index contributed by atoms with van der Waals surface area (Å²) < 4.78 is 28.2. The lowest BCUT2D eigenvalue weighted by Crippen LogP contribution is -2.44. The van der Waals surface area contributed by atoms with Crippen molar-refractivity contribution in [2.45, 2.75) is 25.9 Å². The van der Waals surface area contributed by atoms with Crippen molar-refractivity contribution >= 4 is 39.8 Å². The highest BCUT2D eigenvalue weighted by Crippen LogP contribution is 2.15. The van der Waals surface area contributed by atoms with Crippen LogP contribution in [0.4, 0.5) is 0 Å². The molecule has 2 heterocycles. The molecule has 0 saturated carbocycles. The van der Waals surface area contributed by atoms with Crippen LogP contribution in [0.5, 0.6) is 5.88 Å². The molecule has 2 rings (SSSR count). The summed E-state index contributed by atoms with van der Waals surface area (Å²) in [4.78, 5) is 8.61. The van der Waals surface area contributed by atoms with Gasteiger partial charge in [-0.2, -0.15) is 0 Å². The van der Waals surface area contributed by atoms with Gasteiger partial charge in [-0.05, 0) is 19.4 Å². The van der Waals surface area contributed by atoms with Crippen LogP contribution in [0, 0.1) is 0 Å². The number of methoxy groups -OCH3 is 1. The standard InChI is InChI=1S/C14H22N4O3S.HI/c1-3-15-14(18-12-6-8-22(19,20)10-12)17-9-11-5-4-7-16-13(11)21-2;/h4-5,7,12H,3,6,8-10H2,1-2H3,(H2,15,17,18);1H. The molecule has 0 aromatic carbocycles. The number of rotatable bonds is 5. The topological polar surface area (TPSA) is 92.7 Å². The monoisotopic (exact) mass is 454 g/mol. The zero-order valence-electron chi connectivity index (χ0n) is 13.3. The molecule has 1 saturated heterocycles. The van der Waals surface area contributed by atoms with Gasteiger partial charge in [0.25, 0.3) is 0 Å². The third kappa shape index (κ3) is 6.13. The van der Waals surface area contributed by atoms with Crippen LogP contribution in [0.1, 0.15) is 18.9 Å². The number of aromatic nitrogens is 1. The Labute approximate surface area is 154 Å². The average molecular weight is 454 g/mol. The van der Waals surface area contributed by atoms with Crippen molar-refractivity contribution < 1.29 is 13.2 Å². The molecule has 1 fully saturated rings. The molecule has 1 unspecified atom stereocenters. The van der Waals surface area contributed by atoms with Crippen LogP contribution in [0.25, 0.3) is 0 Å². The average Bonchev–Trinajstić information content (AvgIpc) is 2.84. The Morgan fingerprint density at radius 1 is 1.52 bits per heavy atom. The number of pyridine rings is 1. The normalized spacial score (nSPS) is 19.7. The minimum atomic E-state index is -2.91. The maximum atomic E-state index is 11.5. The van der Waals surface area contributed by atoms with Crippen LogP contribution < -0.4 is 15.4 Å². The largest absolute Gasteiger partial charge is 0.481 e. The van der Waals surface area contributed by atoms with Gasteiger partial charge < -0.3 is 15.4 Å². The lowest BCUT2D eigenvalue weighted by molar-refractivity contribution is 0.392. The van der Waals surface area contributed by atoms with Crippen molar-refractivity contribution in [2.24, 2.45) is 4.99 Å². The van der Waals surface area contributed by atoms with Crippen molar-refractivity contribution in [3.8, 4) is 5.88 Å². The van der Waals surface area contributed by atoms with Gasteiger partial charge in [0.2, 0.25) is 5.88 Å². The molecular weight excluding hydrogens is 431 g/mol. The lowest BCUT2D eigenvalue weighted by atomic mass is 10.2. The Morgan fingerprint density at radius 2 is 2.30 bits per heavy atom. The number of ether oxygens (including phenoxy) is 1. The summed E-state index contributed by atoms with van der Waals surface area (Å²) in [5.41, 5.74) is 0.876. The molecular formula is C14H23IN4O3S. The van der Waals surface area contributed by atoms with Crippen LogP contribution in [-0.4, -0.2) is 50.6 Å². The molecule has 1 atom stereocenters. The molecule has 0 spiro atoms. The highest BCUT2D eigenvalue weighted by atomic mass is 127. The number of hydrogen-bond donors (Lipinski definition) is 2. The summed E-state index contributed by atoms with van der Waals surface area (Å²) in [7, 11) is -1.34. The van der Waals surface area contributed by atoms with Gasteiger partial charge in [0.1, 0.15) is 0 Å². The van der Waals surface area contributed by atoms with Gasteiger partial charge in [0.05, 0.1) is 25.2 Å². The first-order valence-electron chi connectivity index (χ1n) is 7.27. The van der Waals surface area contributed by atoms with E-state index >= 15 is 0 Å². The molecule has 0 radical (unpaired) electrons. The van der Waals surface area contributed by atoms with E-state index in [0.29, 0.717) is 31.3 Å². The van der Waals surface area contributed by atoms with E-state index in [4.69, 9.17) is 4.74 Å². The molecule has 0 amide bonds. The Kier molecular flexibility index (Phi) is 8.03. The predicted molar refractivity (Wildman–Crippen MR) is 101 cm³/mol. The van der Waals surface area contributed by atoms with Crippen LogP contribution in [-0.2, 0) is 16.4 Å². The van der Waals surface area contributed by atoms with E-state index in [1.54, 1.807) is 13.3 Å². The molecule has 2 N–H and O–H groups in total. The summed E-state index contributed by atoms with van der Waals surface area (Å²) in [6.07, 6.45) is 2.28. The lowest BCUT2D eigenvalue weighted by Gasteiger charge is -2.16. The number of halogens is 1. The minimum Gasteiger partial charge on any atom is -0.481 e. The van der Waals surface area contributed by atoms with Gasteiger partial charge in [-0.3, -0.25) is 0 Å². The number of aliphatic imine (C=N–C) groups is 1. The summed E-state index contributed by atoms with van der Waals surface area (Å²) >= 11 is 0. The molecule has 0 bridgehead atoms. The van der Waals surface area contributed by atoms with E-state index in [2.05, 4.69) is 20.6 Å². The molecule has 9 heteroatoms. The second-order valence-electron chi connectivity index (χ2n) is 5.11. The Balaban J connectivity index is 0.00000264. The molecule has 0 aliphatic carbocycles. The van der Waals surface area contributed by atoms with Crippen molar-refractivity contribution in [1.29, 1.82) is 0 Å². The predicted octanol–water partition coefficient (Wildman–Crippen LogP) is 0.950. The SMILES string of the molecule is CCNC(=NCc1cccnc1OC)NC1CCS(=O)(=O)C1.I. The fourth-order valence-electron chi connectivity index (χ4n) is 2.31. The van der Waals surface area contributed by atoms with Crippen molar-refractivity contribution in [3.63, 3.8) is 0 Å². The quantitative estimate of drug-likeness (QED) is 0.391. The van der Waals surface area contributed by atoms with E-state index in [9.17, 15) is 8.42 Å². The molecule has 1 aliphatic heterocycles. The van der Waals surface area contributed by atoms with E-state index in [0.717, 1.165) is 5.56 Å². The van der Waals surface area contributed by atoms with Gasteiger partial charge in [-0.15, -0.1) is 24.0 Å². The third-order valence-electron chi connectivity index (χ3n) is 3.37. The molecule has 23 heavy (non-hydrogen) atoms. The minimum absolute atomic E-state index is 0. The summed E-state index contributed by atoms with van der Waals surface area (Å²) in [6, 6.07) is 3.65. The molecule has 130 valence electrons. The zero-order valence-corrected chi connectivity index (χ0v) is 16.4. The number of nitrogens with one attached hydrogen (secondary N) is 2. The molecule has 1 aliphatic rings. The van der Waals surface area contributed by atoms with Crippen LogP contribution >= 0.6 is 24.0 Å². The van der Waals surface area contributed by atoms with Gasteiger partial charge in [0.15, 0.2) is 15.8 Å². The van der Waals surface area contributed by atoms with Crippen LogP contribution in [0.2, 0.25) is 0 Å². The van der Waals surface area contributed by atoms with E-state index in [1.807, 2.05) is 19.1 Å².